The predicted octanol–water partition coefficient (Wildman–Crippen LogP) is 3.06. The highest BCUT2D eigenvalue weighted by Gasteiger charge is 1.94. The van der Waals surface area contributed by atoms with Crippen LogP contribution in [0.25, 0.3) is 4.85 Å². The number of nitrogens with one attached hydrogen (secondary N) is 1. The molecule has 0 fully saturated rings. The van der Waals surface area contributed by atoms with Crippen LogP contribution in [0.2, 0.25) is 0 Å². The van der Waals surface area contributed by atoms with E-state index in [4.69, 9.17) is 6.57 Å². The fraction of sp³-hybridized carbons (Fsp3) is 0.300. The lowest BCUT2D eigenvalue weighted by Gasteiger charge is -2.08. The van der Waals surface area contributed by atoms with Crippen molar-refractivity contribution in [3.05, 3.63) is 35.7 Å². The van der Waals surface area contributed by atoms with E-state index in [1.165, 1.54) is 0 Å². The van der Waals surface area contributed by atoms with Crippen LogP contribution in [0.15, 0.2) is 24.3 Å². The first-order chi connectivity index (χ1) is 5.72. The van der Waals surface area contributed by atoms with Crippen molar-refractivity contribution in [2.45, 2.75) is 19.9 Å². The molecule has 2 nitrogen and oxygen atoms in total. The summed E-state index contributed by atoms with van der Waals surface area (Å²) in [6.45, 7) is 10.9. The molecule has 0 radical (unpaired) electrons. The van der Waals surface area contributed by atoms with E-state index in [0.29, 0.717) is 11.7 Å². The molecule has 0 aliphatic carbocycles. The number of hydrogen-bond acceptors (Lipinski definition) is 1. The van der Waals surface area contributed by atoms with Crippen LogP contribution >= 0.6 is 0 Å². The van der Waals surface area contributed by atoms with Crippen molar-refractivity contribution in [3.8, 4) is 0 Å². The summed E-state index contributed by atoms with van der Waals surface area (Å²) in [5, 5.41) is 3.25. The van der Waals surface area contributed by atoms with Crippen LogP contribution in [-0.2, 0) is 0 Å². The molecule has 1 aromatic carbocycles. The maximum atomic E-state index is 6.76. The van der Waals surface area contributed by atoms with Crippen molar-refractivity contribution in [1.29, 1.82) is 0 Å². The van der Waals surface area contributed by atoms with Crippen LogP contribution in [0.1, 0.15) is 13.8 Å². The molecule has 0 saturated carbocycles. The normalized spacial score (nSPS) is 9.50. The van der Waals surface area contributed by atoms with Crippen molar-refractivity contribution in [3.63, 3.8) is 0 Å². The summed E-state index contributed by atoms with van der Waals surface area (Å²) in [4.78, 5) is 3.31. The number of anilines is 1. The first kappa shape index (κ1) is 8.61. The molecular formula is C10H12N2. The molecule has 0 bridgehead atoms. The van der Waals surface area contributed by atoms with E-state index in [-0.39, 0.29) is 0 Å². The van der Waals surface area contributed by atoms with Gasteiger partial charge in [0.2, 0.25) is 0 Å². The zero-order chi connectivity index (χ0) is 8.97. The van der Waals surface area contributed by atoms with Crippen molar-refractivity contribution < 1.29 is 0 Å². The zero-order valence-corrected chi connectivity index (χ0v) is 7.33. The van der Waals surface area contributed by atoms with E-state index in [0.717, 1.165) is 5.69 Å². The SMILES string of the molecule is [C-]#[N+]c1ccc(NC(C)C)cc1. The van der Waals surface area contributed by atoms with E-state index in [1.54, 1.807) is 0 Å². The molecule has 1 N–H and O–H groups in total. The Hall–Kier alpha value is -1.49. The Morgan fingerprint density at radius 2 is 1.83 bits per heavy atom. The van der Waals surface area contributed by atoms with Gasteiger partial charge in [-0.15, -0.1) is 0 Å². The molecule has 0 aromatic heterocycles. The van der Waals surface area contributed by atoms with Crippen molar-refractivity contribution in [2.24, 2.45) is 0 Å². The second-order valence-corrected chi connectivity index (χ2v) is 2.96. The second-order valence-electron chi connectivity index (χ2n) is 2.96. The largest absolute Gasteiger partial charge is 0.383 e. The Kier molecular flexibility index (Phi) is 2.71. The highest BCUT2D eigenvalue weighted by Crippen LogP contribution is 2.16. The number of benzene rings is 1. The molecule has 0 aliphatic heterocycles. The third kappa shape index (κ3) is 2.28. The van der Waals surface area contributed by atoms with E-state index in [2.05, 4.69) is 24.0 Å². The average molecular weight is 160 g/mol. The van der Waals surface area contributed by atoms with Gasteiger partial charge in [0.1, 0.15) is 0 Å². The van der Waals surface area contributed by atoms with Gasteiger partial charge in [-0.2, -0.15) is 0 Å². The number of hydrogen-bond donors (Lipinski definition) is 1. The standard InChI is InChI=1S/C10H12N2/c1-8(2)12-10-6-4-9(11-3)5-7-10/h4-8,12H,1-2H3. The first-order valence-electron chi connectivity index (χ1n) is 3.96. The first-order valence-corrected chi connectivity index (χ1v) is 3.96. The minimum absolute atomic E-state index is 0.434. The van der Waals surface area contributed by atoms with Crippen LogP contribution in [-0.4, -0.2) is 6.04 Å². The minimum Gasteiger partial charge on any atom is -0.383 e. The Morgan fingerprint density at radius 3 is 2.25 bits per heavy atom. The Morgan fingerprint density at radius 1 is 1.25 bits per heavy atom. The molecule has 0 unspecified atom stereocenters. The number of rotatable bonds is 2. The Labute approximate surface area is 73.0 Å². The summed E-state index contributed by atoms with van der Waals surface area (Å²) in [6.07, 6.45) is 0. The third-order valence-corrected chi connectivity index (χ3v) is 1.45. The maximum absolute atomic E-state index is 6.76. The molecule has 0 heterocycles. The summed E-state index contributed by atoms with van der Waals surface area (Å²) in [6, 6.07) is 7.92. The van der Waals surface area contributed by atoms with Crippen LogP contribution in [0.3, 0.4) is 0 Å². The van der Waals surface area contributed by atoms with Gasteiger partial charge in [0.15, 0.2) is 5.69 Å². The fourth-order valence-corrected chi connectivity index (χ4v) is 0.966. The van der Waals surface area contributed by atoms with E-state index in [9.17, 15) is 0 Å². The summed E-state index contributed by atoms with van der Waals surface area (Å²) in [7, 11) is 0. The molecule has 12 heavy (non-hydrogen) atoms. The van der Waals surface area contributed by atoms with E-state index >= 15 is 0 Å². The lowest BCUT2D eigenvalue weighted by atomic mass is 10.2. The molecule has 1 aromatic rings. The maximum Gasteiger partial charge on any atom is 0.187 e. The molecule has 0 atom stereocenters. The van der Waals surface area contributed by atoms with Gasteiger partial charge < -0.3 is 5.32 Å². The predicted molar refractivity (Wildman–Crippen MR) is 51.5 cm³/mol. The van der Waals surface area contributed by atoms with Gasteiger partial charge in [-0.05, 0) is 26.0 Å². The topological polar surface area (TPSA) is 16.4 Å². The van der Waals surface area contributed by atoms with Crippen molar-refractivity contribution in [2.75, 3.05) is 5.32 Å². The summed E-state index contributed by atoms with van der Waals surface area (Å²) < 4.78 is 0. The molecule has 0 spiro atoms. The van der Waals surface area contributed by atoms with Crippen molar-refractivity contribution in [1.82, 2.24) is 0 Å². The van der Waals surface area contributed by atoms with Gasteiger partial charge in [0.05, 0.1) is 6.57 Å². The van der Waals surface area contributed by atoms with Gasteiger partial charge in [-0.1, -0.05) is 12.1 Å². The summed E-state index contributed by atoms with van der Waals surface area (Å²) in [5.41, 5.74) is 1.75. The highest BCUT2D eigenvalue weighted by molar-refractivity contribution is 5.54. The minimum atomic E-state index is 0.434. The van der Waals surface area contributed by atoms with Crippen LogP contribution in [0.5, 0.6) is 0 Å². The molecule has 0 aliphatic rings. The fourth-order valence-electron chi connectivity index (χ4n) is 0.966. The zero-order valence-electron chi connectivity index (χ0n) is 7.33. The van der Waals surface area contributed by atoms with Gasteiger partial charge >= 0.3 is 0 Å². The molecular weight excluding hydrogens is 148 g/mol. The Balaban J connectivity index is 2.73. The molecule has 0 amide bonds. The highest BCUT2D eigenvalue weighted by atomic mass is 14.9. The van der Waals surface area contributed by atoms with Crippen LogP contribution in [0, 0.1) is 6.57 Å². The van der Waals surface area contributed by atoms with E-state index < -0.39 is 0 Å². The third-order valence-electron chi connectivity index (χ3n) is 1.45. The van der Waals surface area contributed by atoms with Crippen molar-refractivity contribution >= 4 is 11.4 Å². The molecule has 1 rings (SSSR count). The van der Waals surface area contributed by atoms with Crippen LogP contribution in [0.4, 0.5) is 11.4 Å². The van der Waals surface area contributed by atoms with Gasteiger partial charge in [0.25, 0.3) is 0 Å². The lowest BCUT2D eigenvalue weighted by molar-refractivity contribution is 0.900. The molecule has 2 heteroatoms. The summed E-state index contributed by atoms with van der Waals surface area (Å²) in [5.74, 6) is 0. The van der Waals surface area contributed by atoms with E-state index in [1.807, 2.05) is 24.3 Å². The van der Waals surface area contributed by atoms with Gasteiger partial charge in [0, 0.05) is 11.7 Å². The summed E-state index contributed by atoms with van der Waals surface area (Å²) >= 11 is 0. The quantitative estimate of drug-likeness (QED) is 0.658. The smallest absolute Gasteiger partial charge is 0.187 e. The van der Waals surface area contributed by atoms with Gasteiger partial charge in [-0.25, -0.2) is 4.85 Å². The second kappa shape index (κ2) is 3.77. The van der Waals surface area contributed by atoms with Gasteiger partial charge in [-0.3, -0.25) is 0 Å². The Bertz CT molecular complexity index is 280. The lowest BCUT2D eigenvalue weighted by Crippen LogP contribution is -2.08. The monoisotopic (exact) mass is 160 g/mol. The number of nitrogens with zero attached hydrogens (tertiary/aromatic N) is 1. The average Bonchev–Trinajstić information content (AvgIpc) is 2.05. The molecule has 0 saturated heterocycles. The van der Waals surface area contributed by atoms with Crippen LogP contribution < -0.4 is 5.32 Å². The molecule has 62 valence electrons.